The number of methoxy groups -OCH3 is 1. The number of aliphatic hydroxyl groups is 1. The van der Waals surface area contributed by atoms with Gasteiger partial charge >= 0.3 is 0 Å². The minimum atomic E-state index is 0.0923. The summed E-state index contributed by atoms with van der Waals surface area (Å²) in [6, 6.07) is 9.78. The van der Waals surface area contributed by atoms with E-state index in [1.165, 1.54) is 0 Å². The van der Waals surface area contributed by atoms with Crippen molar-refractivity contribution >= 4 is 11.8 Å². The molecule has 0 amide bonds. The van der Waals surface area contributed by atoms with Crippen LogP contribution >= 0.6 is 11.8 Å². The summed E-state index contributed by atoms with van der Waals surface area (Å²) < 4.78 is 10.7. The van der Waals surface area contributed by atoms with Gasteiger partial charge in [-0.3, -0.25) is 0 Å². The summed E-state index contributed by atoms with van der Waals surface area (Å²) in [5.74, 6) is 9.48. The van der Waals surface area contributed by atoms with Gasteiger partial charge in [0.05, 0.1) is 25.7 Å². The van der Waals surface area contributed by atoms with Gasteiger partial charge in [-0.05, 0) is 30.3 Å². The third-order valence-corrected chi connectivity index (χ3v) is 3.84. The standard InChI is InChI=1S/C17H18O3S/c1-19-17-8-7-14(5-2-3-9-18)11-15(17)12-21-13-16-6-4-10-20-16/h4,6-8,10-11,18H,3,9,12-13H2,1H3. The maximum Gasteiger partial charge on any atom is 0.122 e. The highest BCUT2D eigenvalue weighted by Crippen LogP contribution is 2.26. The summed E-state index contributed by atoms with van der Waals surface area (Å²) >= 11 is 1.77. The lowest BCUT2D eigenvalue weighted by molar-refractivity contribution is 0.305. The quantitative estimate of drug-likeness (QED) is 0.830. The number of furan rings is 1. The van der Waals surface area contributed by atoms with Crippen LogP contribution in [0.15, 0.2) is 41.0 Å². The van der Waals surface area contributed by atoms with Gasteiger partial charge in [0.15, 0.2) is 0 Å². The van der Waals surface area contributed by atoms with Crippen molar-refractivity contribution < 1.29 is 14.3 Å². The molecule has 0 saturated carbocycles. The van der Waals surface area contributed by atoms with Crippen LogP contribution in [-0.4, -0.2) is 18.8 Å². The number of benzene rings is 1. The predicted molar refractivity (Wildman–Crippen MR) is 85.3 cm³/mol. The van der Waals surface area contributed by atoms with Crippen molar-refractivity contribution in [2.24, 2.45) is 0 Å². The lowest BCUT2D eigenvalue weighted by Crippen LogP contribution is -1.92. The van der Waals surface area contributed by atoms with Gasteiger partial charge in [-0.25, -0.2) is 0 Å². The second-order valence-corrected chi connectivity index (χ2v) is 5.36. The first kappa shape index (κ1) is 15.6. The van der Waals surface area contributed by atoms with E-state index in [-0.39, 0.29) is 6.61 Å². The van der Waals surface area contributed by atoms with E-state index in [2.05, 4.69) is 11.8 Å². The Morgan fingerprint density at radius 1 is 1.29 bits per heavy atom. The van der Waals surface area contributed by atoms with Gasteiger partial charge in [0, 0.05) is 23.3 Å². The van der Waals surface area contributed by atoms with E-state index in [1.54, 1.807) is 25.1 Å². The molecule has 0 fully saturated rings. The van der Waals surface area contributed by atoms with E-state index >= 15 is 0 Å². The molecule has 0 aliphatic carbocycles. The number of thioether (sulfide) groups is 1. The summed E-state index contributed by atoms with van der Waals surface area (Å²) in [5.41, 5.74) is 2.06. The van der Waals surface area contributed by atoms with Crippen molar-refractivity contribution in [3.05, 3.63) is 53.5 Å². The number of hydrogen-bond donors (Lipinski definition) is 1. The van der Waals surface area contributed by atoms with Gasteiger partial charge in [0.2, 0.25) is 0 Å². The Morgan fingerprint density at radius 3 is 2.90 bits per heavy atom. The van der Waals surface area contributed by atoms with Crippen molar-refractivity contribution in [2.45, 2.75) is 17.9 Å². The van der Waals surface area contributed by atoms with Crippen LogP contribution in [-0.2, 0) is 11.5 Å². The highest BCUT2D eigenvalue weighted by atomic mass is 32.2. The van der Waals surface area contributed by atoms with Crippen LogP contribution < -0.4 is 4.74 Å². The first-order valence-corrected chi connectivity index (χ1v) is 7.85. The van der Waals surface area contributed by atoms with Gasteiger partial charge in [-0.2, -0.15) is 0 Å². The summed E-state index contributed by atoms with van der Waals surface area (Å²) in [7, 11) is 1.67. The van der Waals surface area contributed by atoms with Gasteiger partial charge in [-0.15, -0.1) is 11.8 Å². The van der Waals surface area contributed by atoms with Gasteiger partial charge in [0.1, 0.15) is 11.5 Å². The zero-order valence-corrected chi connectivity index (χ0v) is 12.8. The van der Waals surface area contributed by atoms with Crippen molar-refractivity contribution in [2.75, 3.05) is 13.7 Å². The minimum absolute atomic E-state index is 0.0923. The Morgan fingerprint density at radius 2 is 2.19 bits per heavy atom. The third kappa shape index (κ3) is 4.89. The van der Waals surface area contributed by atoms with Gasteiger partial charge in [0.25, 0.3) is 0 Å². The van der Waals surface area contributed by atoms with Crippen LogP contribution in [0.2, 0.25) is 0 Å². The van der Waals surface area contributed by atoms with E-state index in [0.29, 0.717) is 6.42 Å². The summed E-state index contributed by atoms with van der Waals surface area (Å²) in [6.45, 7) is 0.0923. The highest BCUT2D eigenvalue weighted by molar-refractivity contribution is 7.97. The topological polar surface area (TPSA) is 42.6 Å². The molecule has 110 valence electrons. The Bertz CT molecular complexity index is 609. The molecule has 2 rings (SSSR count). The zero-order chi connectivity index (χ0) is 14.9. The fraction of sp³-hybridized carbons (Fsp3) is 0.294. The lowest BCUT2D eigenvalue weighted by atomic mass is 10.1. The fourth-order valence-corrected chi connectivity index (χ4v) is 2.76. The maximum absolute atomic E-state index is 8.75. The number of hydrogen-bond acceptors (Lipinski definition) is 4. The maximum atomic E-state index is 8.75. The largest absolute Gasteiger partial charge is 0.496 e. The summed E-state index contributed by atoms with van der Waals surface area (Å²) in [5, 5.41) is 8.75. The highest BCUT2D eigenvalue weighted by Gasteiger charge is 2.05. The molecular weight excluding hydrogens is 284 g/mol. The molecule has 2 aromatic rings. The fourth-order valence-electron chi connectivity index (χ4n) is 1.85. The zero-order valence-electron chi connectivity index (χ0n) is 12.0. The average molecular weight is 302 g/mol. The second-order valence-electron chi connectivity index (χ2n) is 4.37. The van der Waals surface area contributed by atoms with E-state index in [4.69, 9.17) is 14.3 Å². The monoisotopic (exact) mass is 302 g/mol. The molecule has 3 nitrogen and oxygen atoms in total. The van der Waals surface area contributed by atoms with Crippen molar-refractivity contribution in [1.29, 1.82) is 0 Å². The number of rotatable bonds is 6. The van der Waals surface area contributed by atoms with Crippen LogP contribution in [0.25, 0.3) is 0 Å². The van der Waals surface area contributed by atoms with Gasteiger partial charge < -0.3 is 14.3 Å². The average Bonchev–Trinajstić information content (AvgIpc) is 3.01. The van der Waals surface area contributed by atoms with E-state index in [1.807, 2.05) is 30.3 Å². The third-order valence-electron chi connectivity index (χ3n) is 2.83. The molecule has 21 heavy (non-hydrogen) atoms. The Kier molecular flexibility index (Phi) is 6.26. The molecule has 0 spiro atoms. The van der Waals surface area contributed by atoms with Crippen molar-refractivity contribution in [3.63, 3.8) is 0 Å². The Hall–Kier alpha value is -1.83. The molecule has 1 N–H and O–H groups in total. The molecule has 0 aliphatic rings. The molecule has 0 aliphatic heterocycles. The van der Waals surface area contributed by atoms with E-state index in [9.17, 15) is 0 Å². The smallest absolute Gasteiger partial charge is 0.122 e. The Balaban J connectivity index is 2.02. The van der Waals surface area contributed by atoms with E-state index < -0.39 is 0 Å². The molecule has 0 atom stereocenters. The van der Waals surface area contributed by atoms with Crippen LogP contribution in [0.5, 0.6) is 5.75 Å². The van der Waals surface area contributed by atoms with Crippen molar-refractivity contribution in [1.82, 2.24) is 0 Å². The predicted octanol–water partition coefficient (Wildman–Crippen LogP) is 3.46. The first-order valence-electron chi connectivity index (χ1n) is 6.70. The number of aliphatic hydroxyl groups excluding tert-OH is 1. The van der Waals surface area contributed by atoms with Gasteiger partial charge in [-0.1, -0.05) is 11.8 Å². The summed E-state index contributed by atoms with van der Waals surface area (Å²) in [6.07, 6.45) is 2.18. The molecule has 1 aromatic carbocycles. The molecule has 0 bridgehead atoms. The lowest BCUT2D eigenvalue weighted by Gasteiger charge is -2.08. The van der Waals surface area contributed by atoms with E-state index in [0.717, 1.165) is 34.1 Å². The minimum Gasteiger partial charge on any atom is -0.496 e. The second kappa shape index (κ2) is 8.46. The molecule has 0 unspecified atom stereocenters. The SMILES string of the molecule is COc1ccc(C#CCCO)cc1CSCc1ccco1. The first-order chi connectivity index (χ1) is 10.3. The van der Waals surface area contributed by atoms with Crippen LogP contribution in [0.1, 0.15) is 23.3 Å². The van der Waals surface area contributed by atoms with Crippen LogP contribution in [0.3, 0.4) is 0 Å². The van der Waals surface area contributed by atoms with Crippen LogP contribution in [0, 0.1) is 11.8 Å². The normalized spacial score (nSPS) is 10.0. The Labute approximate surface area is 129 Å². The molecule has 1 heterocycles. The molecule has 1 aromatic heterocycles. The molecule has 0 radical (unpaired) electrons. The molecular formula is C17H18O3S. The molecule has 0 saturated heterocycles. The summed E-state index contributed by atoms with van der Waals surface area (Å²) in [4.78, 5) is 0. The number of ether oxygens (including phenoxy) is 1. The van der Waals surface area contributed by atoms with Crippen molar-refractivity contribution in [3.8, 4) is 17.6 Å². The van der Waals surface area contributed by atoms with Crippen LogP contribution in [0.4, 0.5) is 0 Å². The molecule has 4 heteroatoms.